The Morgan fingerprint density at radius 3 is 2.46 bits per heavy atom. The second-order valence-electron chi connectivity index (χ2n) is 7.96. The number of rotatable bonds is 4. The normalized spacial score (nSPS) is 36.3. The van der Waals surface area contributed by atoms with Crippen LogP contribution in [0.5, 0.6) is 0 Å². The number of amides is 1. The Balaban J connectivity index is 1.31. The SMILES string of the molecule is COC(=O)N1C(CO[C@H]2CC[C@@H](c3ccccc3)CC2)C(O)[C@H]2CC[C@H]21. The third-order valence-corrected chi connectivity index (χ3v) is 6.67. The van der Waals surface area contributed by atoms with Crippen LogP contribution in [0.4, 0.5) is 4.79 Å². The van der Waals surface area contributed by atoms with Gasteiger partial charge in [-0.2, -0.15) is 0 Å². The molecular weight excluding hydrogens is 330 g/mol. The van der Waals surface area contributed by atoms with Crippen molar-refractivity contribution in [2.75, 3.05) is 13.7 Å². The minimum absolute atomic E-state index is 0.125. The minimum Gasteiger partial charge on any atom is -0.453 e. The molecule has 1 saturated heterocycles. The van der Waals surface area contributed by atoms with Crippen LogP contribution in [0.25, 0.3) is 0 Å². The van der Waals surface area contributed by atoms with Gasteiger partial charge in [0.25, 0.3) is 0 Å². The average molecular weight is 359 g/mol. The number of ether oxygens (including phenoxy) is 2. The molecule has 0 radical (unpaired) electrons. The molecule has 1 heterocycles. The van der Waals surface area contributed by atoms with Crippen LogP contribution in [0.3, 0.4) is 0 Å². The van der Waals surface area contributed by atoms with Crippen molar-refractivity contribution < 1.29 is 19.4 Å². The van der Waals surface area contributed by atoms with Gasteiger partial charge in [0.2, 0.25) is 0 Å². The maximum absolute atomic E-state index is 12.1. The Morgan fingerprint density at radius 2 is 1.85 bits per heavy atom. The number of carbonyl (C=O) groups is 1. The summed E-state index contributed by atoms with van der Waals surface area (Å²) < 4.78 is 11.1. The molecule has 1 aromatic carbocycles. The summed E-state index contributed by atoms with van der Waals surface area (Å²) in [6, 6.07) is 10.6. The van der Waals surface area contributed by atoms with Crippen LogP contribution in [0.2, 0.25) is 0 Å². The van der Waals surface area contributed by atoms with Gasteiger partial charge in [0.15, 0.2) is 0 Å². The zero-order valence-electron chi connectivity index (χ0n) is 15.4. The number of aliphatic hydroxyl groups is 1. The van der Waals surface area contributed by atoms with Crippen molar-refractivity contribution in [2.45, 2.75) is 68.7 Å². The second kappa shape index (κ2) is 7.57. The third kappa shape index (κ3) is 3.23. The Morgan fingerprint density at radius 1 is 1.12 bits per heavy atom. The molecule has 0 bridgehead atoms. The lowest BCUT2D eigenvalue weighted by molar-refractivity contribution is -0.0258. The van der Waals surface area contributed by atoms with Crippen LogP contribution < -0.4 is 0 Å². The summed E-state index contributed by atoms with van der Waals surface area (Å²) in [5.74, 6) is 0.812. The van der Waals surface area contributed by atoms with E-state index in [0.29, 0.717) is 12.5 Å². The van der Waals surface area contributed by atoms with Gasteiger partial charge >= 0.3 is 6.09 Å². The predicted octanol–water partition coefficient (Wildman–Crippen LogP) is 3.32. The molecule has 2 saturated carbocycles. The average Bonchev–Trinajstić information content (AvgIpc) is 2.85. The lowest BCUT2D eigenvalue weighted by Crippen LogP contribution is -2.47. The molecule has 2 aliphatic carbocycles. The summed E-state index contributed by atoms with van der Waals surface area (Å²) in [5, 5.41) is 10.6. The molecule has 2 unspecified atom stereocenters. The van der Waals surface area contributed by atoms with Crippen molar-refractivity contribution in [3.05, 3.63) is 35.9 Å². The fourth-order valence-corrected chi connectivity index (χ4v) is 5.03. The van der Waals surface area contributed by atoms with Crippen molar-refractivity contribution in [1.29, 1.82) is 0 Å². The second-order valence-corrected chi connectivity index (χ2v) is 7.96. The van der Waals surface area contributed by atoms with Crippen LogP contribution in [-0.2, 0) is 9.47 Å². The first-order valence-electron chi connectivity index (χ1n) is 9.90. The Hall–Kier alpha value is -1.59. The maximum Gasteiger partial charge on any atom is 0.410 e. The van der Waals surface area contributed by atoms with E-state index in [4.69, 9.17) is 9.47 Å². The summed E-state index contributed by atoms with van der Waals surface area (Å²) in [6.07, 6.45) is 5.67. The fourth-order valence-electron chi connectivity index (χ4n) is 5.03. The van der Waals surface area contributed by atoms with Gasteiger partial charge in [0.1, 0.15) is 0 Å². The van der Waals surface area contributed by atoms with E-state index in [-0.39, 0.29) is 30.2 Å². The molecular formula is C21H29NO4. The van der Waals surface area contributed by atoms with E-state index in [1.807, 2.05) is 0 Å². The molecule has 4 atom stereocenters. The highest BCUT2D eigenvalue weighted by molar-refractivity contribution is 5.69. The molecule has 0 spiro atoms. The summed E-state index contributed by atoms with van der Waals surface area (Å²) >= 11 is 0. The number of carbonyl (C=O) groups excluding carboxylic acids is 1. The number of fused-ring (bicyclic) bond motifs is 1. The first kappa shape index (κ1) is 17.8. The van der Waals surface area contributed by atoms with Gasteiger partial charge in [-0.1, -0.05) is 30.3 Å². The Kier molecular flexibility index (Phi) is 5.18. The predicted molar refractivity (Wildman–Crippen MR) is 97.9 cm³/mol. The zero-order valence-corrected chi connectivity index (χ0v) is 15.4. The first-order chi connectivity index (χ1) is 12.7. The molecule has 1 N–H and O–H groups in total. The number of hydrogen-bond acceptors (Lipinski definition) is 4. The number of likely N-dealkylation sites (tertiary alicyclic amines) is 1. The van der Waals surface area contributed by atoms with Crippen LogP contribution in [-0.4, -0.2) is 54.1 Å². The van der Waals surface area contributed by atoms with E-state index < -0.39 is 6.10 Å². The monoisotopic (exact) mass is 359 g/mol. The number of benzene rings is 1. The highest BCUT2D eigenvalue weighted by Crippen LogP contribution is 2.44. The topological polar surface area (TPSA) is 59.0 Å². The summed E-state index contributed by atoms with van der Waals surface area (Å²) in [7, 11) is 1.41. The standard InChI is InChI=1S/C21H29NO4/c1-25-21(24)22-18-12-11-17(18)20(23)19(22)13-26-16-9-7-15(8-10-16)14-5-3-2-4-6-14/h2-6,15-20,23H,7-13H2,1H3/t15-,16+,17-,18+,19?,20?/m0/s1. The number of aliphatic hydroxyl groups excluding tert-OH is 1. The van der Waals surface area contributed by atoms with E-state index in [1.54, 1.807) is 4.90 Å². The van der Waals surface area contributed by atoms with E-state index in [9.17, 15) is 9.90 Å². The van der Waals surface area contributed by atoms with Crippen molar-refractivity contribution in [3.63, 3.8) is 0 Å². The smallest absolute Gasteiger partial charge is 0.410 e. The molecule has 5 heteroatoms. The minimum atomic E-state index is -0.492. The highest BCUT2D eigenvalue weighted by atomic mass is 16.5. The molecule has 1 aromatic rings. The highest BCUT2D eigenvalue weighted by Gasteiger charge is 2.55. The van der Waals surface area contributed by atoms with Gasteiger partial charge in [-0.15, -0.1) is 0 Å². The summed E-state index contributed by atoms with van der Waals surface area (Å²) in [4.78, 5) is 13.9. The van der Waals surface area contributed by atoms with E-state index in [2.05, 4.69) is 30.3 Å². The molecule has 1 amide bonds. The molecule has 26 heavy (non-hydrogen) atoms. The largest absolute Gasteiger partial charge is 0.453 e. The van der Waals surface area contributed by atoms with Gasteiger partial charge in [-0.3, -0.25) is 4.90 Å². The van der Waals surface area contributed by atoms with E-state index in [1.165, 1.54) is 12.7 Å². The molecule has 1 aliphatic heterocycles. The Labute approximate surface area is 155 Å². The van der Waals surface area contributed by atoms with Gasteiger partial charge in [-0.05, 0) is 50.0 Å². The van der Waals surface area contributed by atoms with Gasteiger partial charge < -0.3 is 14.6 Å². The number of nitrogens with zero attached hydrogens (tertiary/aromatic N) is 1. The first-order valence-corrected chi connectivity index (χ1v) is 9.90. The number of methoxy groups -OCH3 is 1. The molecule has 5 nitrogen and oxygen atoms in total. The van der Waals surface area contributed by atoms with Gasteiger partial charge in [0, 0.05) is 12.0 Å². The van der Waals surface area contributed by atoms with Gasteiger partial charge in [-0.25, -0.2) is 4.79 Å². The molecule has 4 rings (SSSR count). The Bertz CT molecular complexity index is 614. The van der Waals surface area contributed by atoms with Crippen molar-refractivity contribution in [3.8, 4) is 0 Å². The van der Waals surface area contributed by atoms with Crippen LogP contribution in [0, 0.1) is 5.92 Å². The van der Waals surface area contributed by atoms with Crippen LogP contribution in [0.1, 0.15) is 50.0 Å². The summed E-state index contributed by atoms with van der Waals surface area (Å²) in [6.45, 7) is 0.407. The van der Waals surface area contributed by atoms with Crippen LogP contribution >= 0.6 is 0 Å². The molecule has 0 aromatic heterocycles. The third-order valence-electron chi connectivity index (χ3n) is 6.67. The van der Waals surface area contributed by atoms with Crippen molar-refractivity contribution in [1.82, 2.24) is 4.90 Å². The zero-order chi connectivity index (χ0) is 18.1. The van der Waals surface area contributed by atoms with Gasteiger partial charge in [0.05, 0.1) is 32.0 Å². The van der Waals surface area contributed by atoms with E-state index in [0.717, 1.165) is 38.5 Å². The number of hydrogen-bond donors (Lipinski definition) is 1. The summed E-state index contributed by atoms with van der Waals surface area (Å²) in [5.41, 5.74) is 1.42. The van der Waals surface area contributed by atoms with E-state index >= 15 is 0 Å². The lowest BCUT2D eigenvalue weighted by Gasteiger charge is -2.36. The van der Waals surface area contributed by atoms with Crippen molar-refractivity contribution >= 4 is 6.09 Å². The lowest BCUT2D eigenvalue weighted by atomic mass is 9.78. The fraction of sp³-hybridized carbons (Fsp3) is 0.667. The van der Waals surface area contributed by atoms with Crippen LogP contribution in [0.15, 0.2) is 30.3 Å². The molecule has 3 fully saturated rings. The van der Waals surface area contributed by atoms with Crippen molar-refractivity contribution in [2.24, 2.45) is 5.92 Å². The molecule has 3 aliphatic rings. The quantitative estimate of drug-likeness (QED) is 0.896. The maximum atomic E-state index is 12.1. The molecule has 142 valence electrons.